The summed E-state index contributed by atoms with van der Waals surface area (Å²) in [6.07, 6.45) is 2.70. The molecular weight excluding hydrogens is 407 g/mol. The first-order chi connectivity index (χ1) is 15.3. The zero-order chi connectivity index (χ0) is 23.7. The Morgan fingerprint density at radius 1 is 1.16 bits per heavy atom. The quantitative estimate of drug-likeness (QED) is 0.406. The van der Waals surface area contributed by atoms with Gasteiger partial charge in [-0.1, -0.05) is 30.8 Å². The number of nitrogens with one attached hydrogen (secondary N) is 3. The highest BCUT2D eigenvalue weighted by Crippen LogP contribution is 2.30. The van der Waals surface area contributed by atoms with Crippen molar-refractivity contribution in [3.63, 3.8) is 0 Å². The lowest BCUT2D eigenvalue weighted by Gasteiger charge is -2.41. The summed E-state index contributed by atoms with van der Waals surface area (Å²) in [6.45, 7) is 6.85. The molecule has 3 N–H and O–H groups in total. The predicted molar refractivity (Wildman–Crippen MR) is 128 cm³/mol. The van der Waals surface area contributed by atoms with Crippen LogP contribution < -0.4 is 16.0 Å². The minimum Gasteiger partial charge on any atom is -0.390 e. The Morgan fingerprint density at radius 2 is 1.84 bits per heavy atom. The first-order valence-electron chi connectivity index (χ1n) is 10.6. The summed E-state index contributed by atoms with van der Waals surface area (Å²) >= 11 is 0. The highest BCUT2D eigenvalue weighted by atomic mass is 19.1. The molecule has 0 aliphatic rings. The maximum atomic E-state index is 14.6. The molecule has 0 aliphatic heterocycles. The SMILES string of the molecule is C=C(NC)C(C)(CCC=O)N(C)Cc1c(C=O)cccc1NCc1cccc(NC)c1F. The molecular formula is C25H33FN4O2. The van der Waals surface area contributed by atoms with Crippen LogP contribution in [0.3, 0.4) is 0 Å². The molecule has 2 aromatic carbocycles. The second-order valence-electron chi connectivity index (χ2n) is 7.94. The lowest BCUT2D eigenvalue weighted by molar-refractivity contribution is -0.108. The lowest BCUT2D eigenvalue weighted by atomic mass is 9.89. The van der Waals surface area contributed by atoms with Crippen LogP contribution >= 0.6 is 0 Å². The summed E-state index contributed by atoms with van der Waals surface area (Å²) < 4.78 is 14.6. The summed E-state index contributed by atoms with van der Waals surface area (Å²) in [5.74, 6) is -0.306. The van der Waals surface area contributed by atoms with Crippen LogP contribution in [0.15, 0.2) is 48.7 Å². The topological polar surface area (TPSA) is 73.5 Å². The molecule has 0 saturated heterocycles. The van der Waals surface area contributed by atoms with Gasteiger partial charge in [-0.15, -0.1) is 0 Å². The summed E-state index contributed by atoms with van der Waals surface area (Å²) in [7, 11) is 5.42. The van der Waals surface area contributed by atoms with Gasteiger partial charge in [0.25, 0.3) is 0 Å². The fraction of sp³-hybridized carbons (Fsp3) is 0.360. The molecule has 0 fully saturated rings. The molecule has 2 aromatic rings. The number of anilines is 2. The standard InChI is InChI=1S/C25H33FN4O2/c1-18(27-3)25(2,13-8-14-31)30(5)16-21-20(17-32)10-7-11-22(21)29-15-19-9-6-12-23(28-4)24(19)26/h6-7,9-12,14,17,27-29H,1,8,13,15-16H2,2-5H3. The number of carbonyl (C=O) groups is 2. The minimum atomic E-state index is -0.504. The van der Waals surface area contributed by atoms with E-state index in [0.29, 0.717) is 36.2 Å². The maximum absolute atomic E-state index is 14.6. The average molecular weight is 441 g/mol. The van der Waals surface area contributed by atoms with Crippen molar-refractivity contribution >= 4 is 23.9 Å². The Bertz CT molecular complexity index is 963. The number of likely N-dealkylation sites (N-methyl/N-ethyl adjacent to an activating group) is 2. The van der Waals surface area contributed by atoms with Crippen molar-refractivity contribution in [3.05, 3.63) is 71.2 Å². The van der Waals surface area contributed by atoms with Crippen LogP contribution in [-0.4, -0.2) is 44.2 Å². The number of rotatable bonds is 13. The summed E-state index contributed by atoms with van der Waals surface area (Å²) in [4.78, 5) is 24.9. The van der Waals surface area contributed by atoms with Crippen molar-refractivity contribution in [1.82, 2.24) is 10.2 Å². The summed E-state index contributed by atoms with van der Waals surface area (Å²) in [6, 6.07) is 10.6. The first kappa shape index (κ1) is 25.1. The van der Waals surface area contributed by atoms with Crippen LogP contribution in [0.2, 0.25) is 0 Å². The van der Waals surface area contributed by atoms with E-state index in [2.05, 4.69) is 27.4 Å². The number of nitrogens with zero attached hydrogens (tertiary/aromatic N) is 1. The monoisotopic (exact) mass is 440 g/mol. The fourth-order valence-corrected chi connectivity index (χ4v) is 3.75. The third-order valence-electron chi connectivity index (χ3n) is 6.10. The zero-order valence-corrected chi connectivity index (χ0v) is 19.3. The van der Waals surface area contributed by atoms with Crippen LogP contribution in [0.1, 0.15) is 41.3 Å². The normalized spacial score (nSPS) is 12.7. The van der Waals surface area contributed by atoms with Gasteiger partial charge in [0.2, 0.25) is 0 Å². The molecule has 6 nitrogen and oxygen atoms in total. The molecule has 32 heavy (non-hydrogen) atoms. The molecule has 2 rings (SSSR count). The van der Waals surface area contributed by atoms with E-state index in [1.165, 1.54) is 0 Å². The predicted octanol–water partition coefficient (Wildman–Crippen LogP) is 4.19. The Balaban J connectivity index is 2.34. The maximum Gasteiger partial charge on any atom is 0.151 e. The van der Waals surface area contributed by atoms with Gasteiger partial charge in [0.1, 0.15) is 12.6 Å². The van der Waals surface area contributed by atoms with E-state index in [1.807, 2.05) is 20.0 Å². The smallest absolute Gasteiger partial charge is 0.151 e. The minimum absolute atomic E-state index is 0.270. The van der Waals surface area contributed by atoms with Crippen molar-refractivity contribution in [2.75, 3.05) is 31.8 Å². The summed E-state index contributed by atoms with van der Waals surface area (Å²) in [5.41, 5.74) is 3.34. The Morgan fingerprint density at radius 3 is 2.47 bits per heavy atom. The van der Waals surface area contributed by atoms with Crippen LogP contribution in [0.5, 0.6) is 0 Å². The molecule has 0 heterocycles. The molecule has 0 aromatic heterocycles. The number of hydrogen-bond donors (Lipinski definition) is 3. The Labute approximate surface area is 189 Å². The number of carbonyl (C=O) groups excluding carboxylic acids is 2. The second-order valence-corrected chi connectivity index (χ2v) is 7.94. The van der Waals surface area contributed by atoms with Crippen LogP contribution in [0.4, 0.5) is 15.8 Å². The van der Waals surface area contributed by atoms with E-state index < -0.39 is 5.54 Å². The Hall–Kier alpha value is -3.19. The van der Waals surface area contributed by atoms with E-state index >= 15 is 0 Å². The molecule has 0 bridgehead atoms. The molecule has 0 radical (unpaired) electrons. The van der Waals surface area contributed by atoms with Crippen molar-refractivity contribution in [2.45, 2.75) is 38.4 Å². The molecule has 1 unspecified atom stereocenters. The van der Waals surface area contributed by atoms with Gasteiger partial charge in [-0.2, -0.15) is 0 Å². The fourth-order valence-electron chi connectivity index (χ4n) is 3.75. The van der Waals surface area contributed by atoms with Gasteiger partial charge >= 0.3 is 0 Å². The van der Waals surface area contributed by atoms with E-state index in [-0.39, 0.29) is 12.4 Å². The zero-order valence-electron chi connectivity index (χ0n) is 19.3. The molecule has 7 heteroatoms. The molecule has 172 valence electrons. The molecule has 0 saturated carbocycles. The van der Waals surface area contributed by atoms with Crippen molar-refractivity contribution in [3.8, 4) is 0 Å². The number of aldehydes is 2. The van der Waals surface area contributed by atoms with Crippen molar-refractivity contribution in [2.24, 2.45) is 0 Å². The van der Waals surface area contributed by atoms with Crippen LogP contribution in [-0.2, 0) is 17.9 Å². The number of hydrogen-bond acceptors (Lipinski definition) is 6. The third-order valence-corrected chi connectivity index (χ3v) is 6.10. The van der Waals surface area contributed by atoms with E-state index in [0.717, 1.165) is 29.5 Å². The van der Waals surface area contributed by atoms with Crippen LogP contribution in [0.25, 0.3) is 0 Å². The molecule has 0 amide bonds. The van der Waals surface area contributed by atoms with E-state index in [4.69, 9.17) is 0 Å². The first-order valence-corrected chi connectivity index (χ1v) is 10.6. The summed E-state index contributed by atoms with van der Waals surface area (Å²) in [5, 5.41) is 9.24. The highest BCUT2D eigenvalue weighted by molar-refractivity contribution is 5.80. The third kappa shape index (κ3) is 5.53. The lowest BCUT2D eigenvalue weighted by Crippen LogP contribution is -2.48. The van der Waals surface area contributed by atoms with Gasteiger partial charge in [0, 0.05) is 56.1 Å². The largest absolute Gasteiger partial charge is 0.390 e. The molecule has 0 spiro atoms. The van der Waals surface area contributed by atoms with Gasteiger partial charge in [0.15, 0.2) is 5.82 Å². The number of halogens is 1. The van der Waals surface area contributed by atoms with Gasteiger partial charge in [-0.25, -0.2) is 4.39 Å². The van der Waals surface area contributed by atoms with Gasteiger partial charge in [-0.3, -0.25) is 9.69 Å². The van der Waals surface area contributed by atoms with Gasteiger partial charge < -0.3 is 20.7 Å². The molecule has 0 aliphatic carbocycles. The van der Waals surface area contributed by atoms with Crippen molar-refractivity contribution in [1.29, 1.82) is 0 Å². The molecule has 1 atom stereocenters. The van der Waals surface area contributed by atoms with Crippen LogP contribution in [0, 0.1) is 5.82 Å². The second kappa shape index (κ2) is 11.4. The average Bonchev–Trinajstić information content (AvgIpc) is 2.81. The van der Waals surface area contributed by atoms with E-state index in [9.17, 15) is 14.0 Å². The number of benzene rings is 2. The Kier molecular flexibility index (Phi) is 8.96. The van der Waals surface area contributed by atoms with Crippen molar-refractivity contribution < 1.29 is 14.0 Å². The van der Waals surface area contributed by atoms with Gasteiger partial charge in [0.05, 0.1) is 11.2 Å². The highest BCUT2D eigenvalue weighted by Gasteiger charge is 2.32. The van der Waals surface area contributed by atoms with E-state index in [1.54, 1.807) is 44.4 Å². The van der Waals surface area contributed by atoms with Gasteiger partial charge in [-0.05, 0) is 38.1 Å².